The summed E-state index contributed by atoms with van der Waals surface area (Å²) in [5, 5.41) is 3.39. The molecule has 0 aromatic heterocycles. The Morgan fingerprint density at radius 1 is 1.00 bits per heavy atom. The van der Waals surface area contributed by atoms with Crippen molar-refractivity contribution in [3.63, 3.8) is 0 Å². The van der Waals surface area contributed by atoms with Crippen LogP contribution in [0.5, 0.6) is 5.75 Å². The van der Waals surface area contributed by atoms with E-state index in [1.165, 1.54) is 57.4 Å². The molecule has 0 heterocycles. The van der Waals surface area contributed by atoms with E-state index in [2.05, 4.69) is 38.2 Å². The van der Waals surface area contributed by atoms with Crippen molar-refractivity contribution in [1.82, 2.24) is 5.32 Å². The first-order chi connectivity index (χ1) is 14.2. The number of hydrogen-bond acceptors (Lipinski definition) is 3. The van der Waals surface area contributed by atoms with E-state index in [-0.39, 0.29) is 10.2 Å². The van der Waals surface area contributed by atoms with Crippen molar-refractivity contribution < 1.29 is 14.3 Å². The second-order valence-electron chi connectivity index (χ2n) is 9.53. The normalized spacial score (nSPS) is 13.0. The predicted octanol–water partition coefficient (Wildman–Crippen LogP) is 7.65. The third-order valence-electron chi connectivity index (χ3n) is 5.79. The number of ether oxygens (including phenoxy) is 2. The third-order valence-corrected chi connectivity index (χ3v) is 22.2. The van der Waals surface area contributed by atoms with Gasteiger partial charge in [0.25, 0.3) is 0 Å². The first-order valence-electron chi connectivity index (χ1n) is 11.8. The Labute approximate surface area is 189 Å². The zero-order valence-corrected chi connectivity index (χ0v) is 23.3. The Morgan fingerprint density at radius 2 is 1.53 bits per heavy atom. The molecule has 0 spiro atoms. The molecule has 0 bridgehead atoms. The molecule has 172 valence electrons. The first-order valence-corrected chi connectivity index (χ1v) is 19.5. The van der Waals surface area contributed by atoms with Gasteiger partial charge in [0.15, 0.2) is 0 Å². The van der Waals surface area contributed by atoms with E-state index < -0.39 is 24.0 Å². The average Bonchev–Trinajstić information content (AvgIpc) is 2.70. The van der Waals surface area contributed by atoms with Gasteiger partial charge < -0.3 is 0 Å². The fourth-order valence-corrected chi connectivity index (χ4v) is 21.6. The van der Waals surface area contributed by atoms with Crippen LogP contribution >= 0.6 is 0 Å². The molecule has 1 rings (SSSR count). The molecular weight excluding hydrogens is 481 g/mol. The van der Waals surface area contributed by atoms with Gasteiger partial charge in [-0.15, -0.1) is 0 Å². The Bertz CT molecular complexity index is 605. The number of hydrogen-bond donors (Lipinski definition) is 1. The minimum absolute atomic E-state index is 0.105. The maximum atomic E-state index is 12.9. The van der Waals surface area contributed by atoms with Gasteiger partial charge in [-0.3, -0.25) is 0 Å². The molecule has 30 heavy (non-hydrogen) atoms. The van der Waals surface area contributed by atoms with Gasteiger partial charge in [0.1, 0.15) is 0 Å². The molecule has 4 nitrogen and oxygen atoms in total. The Kier molecular flexibility index (Phi) is 12.2. The second kappa shape index (κ2) is 13.5. The Balaban J connectivity index is 3.44. The standard InChI is InChI=1S/C13H18NO3.3C4H9.Sn/c1-13(2,3)17-12(15)14-9-10-6-5-7-11(8-10)16-4;3*1-3-4-2;/h5-9H,1-4H3,(H,14,15);3*1,3-4H2,2H3;. The Morgan fingerprint density at radius 3 is 1.97 bits per heavy atom. The SMILES string of the molecule is CCC[CH2][Sn]([CH2]CCC)([CH2]CCC)[CH](NC(=O)OC(C)(C)C)c1cccc(OC)c1. The molecule has 0 aliphatic carbocycles. The molecule has 1 N–H and O–H groups in total. The van der Waals surface area contributed by atoms with Crippen LogP contribution in [-0.4, -0.2) is 37.2 Å². The number of benzene rings is 1. The molecule has 1 atom stereocenters. The number of carbonyl (C=O) groups excluding carboxylic acids is 1. The van der Waals surface area contributed by atoms with Crippen molar-refractivity contribution in [3.8, 4) is 5.75 Å². The van der Waals surface area contributed by atoms with Crippen molar-refractivity contribution in [2.45, 2.75) is 103 Å². The van der Waals surface area contributed by atoms with E-state index in [1.54, 1.807) is 7.11 Å². The molecule has 5 heteroatoms. The molecular formula is C25H45NO3Sn. The van der Waals surface area contributed by atoms with Crippen molar-refractivity contribution in [1.29, 1.82) is 0 Å². The van der Waals surface area contributed by atoms with Crippen molar-refractivity contribution in [3.05, 3.63) is 29.8 Å². The van der Waals surface area contributed by atoms with Crippen molar-refractivity contribution in [2.24, 2.45) is 0 Å². The van der Waals surface area contributed by atoms with Crippen LogP contribution in [0.25, 0.3) is 0 Å². The van der Waals surface area contributed by atoms with Crippen molar-refractivity contribution >= 4 is 24.5 Å². The molecule has 0 fully saturated rings. The zero-order chi connectivity index (χ0) is 22.6. The monoisotopic (exact) mass is 527 g/mol. The van der Waals surface area contributed by atoms with Crippen LogP contribution in [0.15, 0.2) is 24.3 Å². The molecule has 1 aromatic carbocycles. The summed E-state index contributed by atoms with van der Waals surface area (Å²) in [6, 6.07) is 8.32. The van der Waals surface area contributed by atoms with E-state index in [0.29, 0.717) is 0 Å². The van der Waals surface area contributed by atoms with Gasteiger partial charge >= 0.3 is 190 Å². The van der Waals surface area contributed by atoms with Gasteiger partial charge in [-0.25, -0.2) is 0 Å². The van der Waals surface area contributed by atoms with Crippen molar-refractivity contribution in [2.75, 3.05) is 7.11 Å². The summed E-state index contributed by atoms with van der Waals surface area (Å²) in [5.74, 6) is 0.852. The molecule has 0 aliphatic heterocycles. The Hall–Kier alpha value is -0.911. The van der Waals surface area contributed by atoms with Crippen LogP contribution in [0.2, 0.25) is 13.3 Å². The zero-order valence-electron chi connectivity index (χ0n) is 20.5. The summed E-state index contributed by atoms with van der Waals surface area (Å²) >= 11 is -2.83. The molecule has 0 aliphatic rings. The van der Waals surface area contributed by atoms with Gasteiger partial charge in [-0.2, -0.15) is 0 Å². The second-order valence-corrected chi connectivity index (χ2v) is 23.2. The van der Waals surface area contributed by atoms with Crippen LogP contribution in [0.4, 0.5) is 4.79 Å². The molecule has 1 unspecified atom stereocenters. The van der Waals surface area contributed by atoms with Crippen LogP contribution in [0, 0.1) is 0 Å². The van der Waals surface area contributed by atoms with E-state index in [1.807, 2.05) is 32.9 Å². The number of rotatable bonds is 13. The topological polar surface area (TPSA) is 47.6 Å². The number of amides is 1. The minimum atomic E-state index is -2.83. The summed E-state index contributed by atoms with van der Waals surface area (Å²) in [6.45, 7) is 12.6. The van der Waals surface area contributed by atoms with Crippen LogP contribution in [0.1, 0.15) is 89.7 Å². The van der Waals surface area contributed by atoms with Gasteiger partial charge in [-0.05, 0) is 0 Å². The molecule has 0 saturated heterocycles. The van der Waals surface area contributed by atoms with E-state index in [0.717, 1.165) is 5.75 Å². The van der Waals surface area contributed by atoms with E-state index in [9.17, 15) is 4.79 Å². The molecule has 1 aromatic rings. The van der Waals surface area contributed by atoms with Gasteiger partial charge in [0.2, 0.25) is 0 Å². The fraction of sp³-hybridized carbons (Fsp3) is 0.720. The van der Waals surface area contributed by atoms with Crippen LogP contribution in [0.3, 0.4) is 0 Å². The average molecular weight is 526 g/mol. The third kappa shape index (κ3) is 9.07. The number of unbranched alkanes of at least 4 members (excludes halogenated alkanes) is 3. The summed E-state index contributed by atoms with van der Waals surface area (Å²) < 4.78 is 15.3. The number of alkyl carbamates (subject to hydrolysis) is 1. The van der Waals surface area contributed by atoms with Crippen LogP contribution in [-0.2, 0) is 4.74 Å². The molecule has 0 saturated carbocycles. The quantitative estimate of drug-likeness (QED) is 0.269. The summed E-state index contributed by atoms with van der Waals surface area (Å²) in [6.07, 6.45) is 7.07. The summed E-state index contributed by atoms with van der Waals surface area (Å²) in [4.78, 5) is 12.9. The molecule has 0 radical (unpaired) electrons. The molecule has 1 amide bonds. The summed E-state index contributed by atoms with van der Waals surface area (Å²) in [7, 11) is 1.71. The maximum absolute atomic E-state index is 12.9. The fourth-order valence-electron chi connectivity index (χ4n) is 4.23. The van der Waals surface area contributed by atoms with Gasteiger partial charge in [-0.1, -0.05) is 0 Å². The first kappa shape index (κ1) is 27.1. The summed E-state index contributed by atoms with van der Waals surface area (Å²) in [5.41, 5.74) is 0.691. The van der Waals surface area contributed by atoms with E-state index >= 15 is 0 Å². The number of carbonyl (C=O) groups is 1. The van der Waals surface area contributed by atoms with Gasteiger partial charge in [0, 0.05) is 0 Å². The number of methoxy groups -OCH3 is 1. The van der Waals surface area contributed by atoms with E-state index in [4.69, 9.17) is 9.47 Å². The predicted molar refractivity (Wildman–Crippen MR) is 130 cm³/mol. The number of nitrogens with one attached hydrogen (secondary N) is 1. The van der Waals surface area contributed by atoms with Gasteiger partial charge in [0.05, 0.1) is 0 Å². The van der Waals surface area contributed by atoms with Crippen LogP contribution < -0.4 is 10.1 Å².